The van der Waals surface area contributed by atoms with Crippen LogP contribution in [0.1, 0.15) is 31.0 Å². The maximum atomic E-state index is 11.4. The summed E-state index contributed by atoms with van der Waals surface area (Å²) in [5.74, 6) is -0.434. The lowest BCUT2D eigenvalue weighted by Gasteiger charge is -2.40. The first kappa shape index (κ1) is 21.8. The Balaban J connectivity index is 1.62. The fourth-order valence-corrected chi connectivity index (χ4v) is 3.77. The van der Waals surface area contributed by atoms with Crippen molar-refractivity contribution < 1.29 is 9.53 Å². The molecule has 1 atom stereocenters. The van der Waals surface area contributed by atoms with Crippen LogP contribution in [0.15, 0.2) is 54.6 Å². The molecule has 29 heavy (non-hydrogen) atoms. The van der Waals surface area contributed by atoms with Gasteiger partial charge in [0.15, 0.2) is 0 Å². The number of piperazine rings is 1. The molecule has 3 rings (SSSR count). The minimum Gasteiger partial charge on any atom is -0.367 e. The zero-order valence-corrected chi connectivity index (χ0v) is 17.9. The Labute approximate surface area is 178 Å². The van der Waals surface area contributed by atoms with Crippen molar-refractivity contribution in [2.75, 3.05) is 39.3 Å². The van der Waals surface area contributed by atoms with Crippen LogP contribution >= 0.6 is 11.6 Å². The second-order valence-electron chi connectivity index (χ2n) is 7.97. The second kappa shape index (κ2) is 9.72. The van der Waals surface area contributed by atoms with Crippen molar-refractivity contribution in [2.24, 2.45) is 5.73 Å². The first-order valence-electron chi connectivity index (χ1n) is 10.1. The summed E-state index contributed by atoms with van der Waals surface area (Å²) >= 11 is 6.11. The van der Waals surface area contributed by atoms with E-state index < -0.39 is 11.5 Å². The van der Waals surface area contributed by atoms with E-state index in [-0.39, 0.29) is 6.04 Å². The lowest BCUT2D eigenvalue weighted by molar-refractivity contribution is -0.139. The van der Waals surface area contributed by atoms with E-state index in [1.54, 1.807) is 13.8 Å². The van der Waals surface area contributed by atoms with Gasteiger partial charge in [-0.05, 0) is 37.1 Å². The molecule has 2 N–H and O–H groups in total. The van der Waals surface area contributed by atoms with E-state index in [9.17, 15) is 4.79 Å². The number of ether oxygens (including phenoxy) is 1. The number of nitrogens with two attached hydrogens (primary N) is 1. The normalized spacial score (nSPS) is 17.2. The quantitative estimate of drug-likeness (QED) is 0.718. The summed E-state index contributed by atoms with van der Waals surface area (Å²) in [6.45, 7) is 8.54. The molecular formula is C23H30ClN3O2. The third-order valence-electron chi connectivity index (χ3n) is 5.54. The molecule has 0 bridgehead atoms. The van der Waals surface area contributed by atoms with Gasteiger partial charge in [-0.15, -0.1) is 0 Å². The van der Waals surface area contributed by atoms with Gasteiger partial charge in [0.1, 0.15) is 5.60 Å². The number of hydrogen-bond acceptors (Lipinski definition) is 4. The average Bonchev–Trinajstić information content (AvgIpc) is 2.71. The van der Waals surface area contributed by atoms with Crippen LogP contribution in [0.4, 0.5) is 0 Å². The average molecular weight is 416 g/mol. The summed E-state index contributed by atoms with van der Waals surface area (Å²) in [7, 11) is 0. The van der Waals surface area contributed by atoms with Gasteiger partial charge in [0, 0.05) is 37.7 Å². The third kappa shape index (κ3) is 5.80. The van der Waals surface area contributed by atoms with Crippen LogP contribution in [0, 0.1) is 0 Å². The SMILES string of the molecule is CC(C)(OCCN1CCN(C(c2ccccc2)c2ccc(Cl)cc2)CC1)C(N)=O. The molecule has 5 nitrogen and oxygen atoms in total. The molecule has 1 aliphatic rings. The lowest BCUT2D eigenvalue weighted by atomic mass is 9.96. The van der Waals surface area contributed by atoms with Crippen molar-refractivity contribution in [3.63, 3.8) is 0 Å². The Hall–Kier alpha value is -1.92. The van der Waals surface area contributed by atoms with Crippen LogP contribution < -0.4 is 5.73 Å². The van der Waals surface area contributed by atoms with E-state index in [0.717, 1.165) is 37.7 Å². The van der Waals surface area contributed by atoms with Crippen LogP contribution in [-0.2, 0) is 9.53 Å². The summed E-state index contributed by atoms with van der Waals surface area (Å²) in [6, 6.07) is 19.0. The molecule has 0 radical (unpaired) electrons. The Morgan fingerprint density at radius 2 is 1.62 bits per heavy atom. The summed E-state index contributed by atoms with van der Waals surface area (Å²) in [5, 5.41) is 0.754. The van der Waals surface area contributed by atoms with Gasteiger partial charge in [0.05, 0.1) is 12.6 Å². The number of primary amides is 1. The molecule has 6 heteroatoms. The largest absolute Gasteiger partial charge is 0.367 e. The summed E-state index contributed by atoms with van der Waals surface area (Å²) in [5.41, 5.74) is 6.98. The highest BCUT2D eigenvalue weighted by Gasteiger charge is 2.28. The smallest absolute Gasteiger partial charge is 0.249 e. The van der Waals surface area contributed by atoms with E-state index in [2.05, 4.69) is 46.2 Å². The van der Waals surface area contributed by atoms with Crippen LogP contribution in [0.25, 0.3) is 0 Å². The van der Waals surface area contributed by atoms with E-state index in [1.807, 2.05) is 18.2 Å². The highest BCUT2D eigenvalue weighted by Crippen LogP contribution is 2.30. The monoisotopic (exact) mass is 415 g/mol. The molecule has 2 aromatic rings. The van der Waals surface area contributed by atoms with E-state index in [1.165, 1.54) is 11.1 Å². The van der Waals surface area contributed by atoms with Crippen LogP contribution in [0.2, 0.25) is 5.02 Å². The van der Waals surface area contributed by atoms with Crippen molar-refractivity contribution in [1.82, 2.24) is 9.80 Å². The minimum absolute atomic E-state index is 0.209. The number of halogens is 1. The lowest BCUT2D eigenvalue weighted by Crippen LogP contribution is -2.49. The van der Waals surface area contributed by atoms with Crippen LogP contribution in [0.3, 0.4) is 0 Å². The van der Waals surface area contributed by atoms with Gasteiger partial charge in [-0.3, -0.25) is 14.6 Å². The molecule has 0 saturated carbocycles. The molecule has 0 aromatic heterocycles. The van der Waals surface area contributed by atoms with Crippen molar-refractivity contribution in [1.29, 1.82) is 0 Å². The zero-order chi connectivity index (χ0) is 20.9. The molecular weight excluding hydrogens is 386 g/mol. The Kier molecular flexibility index (Phi) is 7.30. The Morgan fingerprint density at radius 3 is 2.21 bits per heavy atom. The Morgan fingerprint density at radius 1 is 1.03 bits per heavy atom. The second-order valence-corrected chi connectivity index (χ2v) is 8.40. The van der Waals surface area contributed by atoms with Crippen LogP contribution in [-0.4, -0.2) is 60.6 Å². The topological polar surface area (TPSA) is 58.8 Å². The van der Waals surface area contributed by atoms with Gasteiger partial charge < -0.3 is 10.5 Å². The van der Waals surface area contributed by atoms with Gasteiger partial charge >= 0.3 is 0 Å². The predicted molar refractivity (Wildman–Crippen MR) is 117 cm³/mol. The van der Waals surface area contributed by atoms with Gasteiger partial charge in [0.2, 0.25) is 5.91 Å². The van der Waals surface area contributed by atoms with Crippen LogP contribution in [0.5, 0.6) is 0 Å². The summed E-state index contributed by atoms with van der Waals surface area (Å²) in [4.78, 5) is 16.3. The van der Waals surface area contributed by atoms with Crippen molar-refractivity contribution >= 4 is 17.5 Å². The van der Waals surface area contributed by atoms with Crippen molar-refractivity contribution in [3.05, 3.63) is 70.7 Å². The highest BCUT2D eigenvalue weighted by atomic mass is 35.5. The minimum atomic E-state index is -0.922. The van der Waals surface area contributed by atoms with E-state index in [4.69, 9.17) is 22.1 Å². The fraction of sp³-hybridized carbons (Fsp3) is 0.435. The predicted octanol–water partition coefficient (Wildman–Crippen LogP) is 3.33. The molecule has 1 aliphatic heterocycles. The number of benzene rings is 2. The highest BCUT2D eigenvalue weighted by molar-refractivity contribution is 6.30. The molecule has 1 fully saturated rings. The number of nitrogens with zero attached hydrogens (tertiary/aromatic N) is 2. The first-order chi connectivity index (χ1) is 13.9. The van der Waals surface area contributed by atoms with Crippen molar-refractivity contribution in [3.8, 4) is 0 Å². The standard InChI is InChI=1S/C23H30ClN3O2/c1-23(2,22(25)28)29-17-16-26-12-14-27(15-13-26)21(18-6-4-3-5-7-18)19-8-10-20(24)11-9-19/h3-11,21H,12-17H2,1-2H3,(H2,25,28). The number of amides is 1. The molecule has 0 aliphatic carbocycles. The molecule has 2 aromatic carbocycles. The molecule has 1 heterocycles. The number of hydrogen-bond donors (Lipinski definition) is 1. The van der Waals surface area contributed by atoms with E-state index >= 15 is 0 Å². The third-order valence-corrected chi connectivity index (χ3v) is 5.79. The maximum Gasteiger partial charge on any atom is 0.249 e. The molecule has 0 spiro atoms. The molecule has 1 saturated heterocycles. The molecule has 1 amide bonds. The maximum absolute atomic E-state index is 11.4. The Bertz CT molecular complexity index is 788. The van der Waals surface area contributed by atoms with Gasteiger partial charge in [-0.2, -0.15) is 0 Å². The van der Waals surface area contributed by atoms with Gasteiger partial charge in [0.25, 0.3) is 0 Å². The number of carbonyl (C=O) groups excluding carboxylic acids is 1. The van der Waals surface area contributed by atoms with Crippen molar-refractivity contribution in [2.45, 2.75) is 25.5 Å². The first-order valence-corrected chi connectivity index (χ1v) is 10.5. The summed E-state index contributed by atoms with van der Waals surface area (Å²) < 4.78 is 5.68. The zero-order valence-electron chi connectivity index (χ0n) is 17.2. The number of carbonyl (C=O) groups is 1. The number of rotatable bonds is 8. The fourth-order valence-electron chi connectivity index (χ4n) is 3.64. The summed E-state index contributed by atoms with van der Waals surface area (Å²) in [6.07, 6.45) is 0. The molecule has 156 valence electrons. The molecule has 1 unspecified atom stereocenters. The van der Waals surface area contributed by atoms with Gasteiger partial charge in [-0.25, -0.2) is 0 Å². The van der Waals surface area contributed by atoms with Gasteiger partial charge in [-0.1, -0.05) is 54.1 Å². The van der Waals surface area contributed by atoms with E-state index in [0.29, 0.717) is 6.61 Å².